The first-order valence-corrected chi connectivity index (χ1v) is 5.23. The number of amides is 2. The maximum absolute atomic E-state index is 13.2. The van der Waals surface area contributed by atoms with Gasteiger partial charge in [0.1, 0.15) is 6.04 Å². The molecule has 0 spiro atoms. The molecule has 0 saturated carbocycles. The van der Waals surface area contributed by atoms with E-state index in [1.54, 1.807) is 0 Å². The minimum Gasteiger partial charge on any atom is -0.368 e. The van der Waals surface area contributed by atoms with Crippen LogP contribution in [0.1, 0.15) is 10.4 Å². The van der Waals surface area contributed by atoms with Crippen molar-refractivity contribution in [2.24, 2.45) is 11.5 Å². The van der Waals surface area contributed by atoms with Gasteiger partial charge in [-0.05, 0) is 6.07 Å². The fraction of sp³-hybridized carbons (Fsp3) is 0.182. The number of halogens is 2. The minimum atomic E-state index is -1.24. The highest BCUT2D eigenvalue weighted by Crippen LogP contribution is 2.30. The summed E-state index contributed by atoms with van der Waals surface area (Å²) in [7, 11) is 0. The minimum absolute atomic E-state index is 0.120. The lowest BCUT2D eigenvalue weighted by molar-refractivity contribution is -0.119. The Balaban J connectivity index is 2.44. The predicted octanol–water partition coefficient (Wildman–Crippen LogP) is -0.693. The average molecular weight is 269 g/mol. The van der Waals surface area contributed by atoms with Crippen molar-refractivity contribution in [3.05, 3.63) is 29.3 Å². The number of anilines is 1. The van der Waals surface area contributed by atoms with Gasteiger partial charge in [-0.2, -0.15) is 0 Å². The summed E-state index contributed by atoms with van der Waals surface area (Å²) >= 11 is 0. The van der Waals surface area contributed by atoms with Crippen LogP contribution in [0.2, 0.25) is 0 Å². The van der Waals surface area contributed by atoms with E-state index >= 15 is 0 Å². The summed E-state index contributed by atoms with van der Waals surface area (Å²) in [6.45, 7) is -0.377. The Morgan fingerprint density at radius 1 is 1.26 bits per heavy atom. The van der Waals surface area contributed by atoms with Crippen LogP contribution in [0.4, 0.5) is 14.5 Å². The van der Waals surface area contributed by atoms with E-state index in [4.69, 9.17) is 11.5 Å². The first-order valence-electron chi connectivity index (χ1n) is 5.23. The molecule has 1 unspecified atom stereocenters. The zero-order valence-electron chi connectivity index (χ0n) is 9.52. The third-order valence-corrected chi connectivity index (χ3v) is 2.76. The standard InChI is InChI=1S/C11H9F2N3O3/c12-5-1-4-8(2-6(5)13)16(11(19)9(4)17)3-7(14)10(15)18/h1-2,7H,3,14H2,(H2,15,18). The largest absolute Gasteiger partial charge is 0.368 e. The highest BCUT2D eigenvalue weighted by molar-refractivity contribution is 6.52. The number of nitrogens with zero attached hydrogens (tertiary/aromatic N) is 1. The van der Waals surface area contributed by atoms with Gasteiger partial charge < -0.3 is 16.4 Å². The van der Waals surface area contributed by atoms with Crippen LogP contribution < -0.4 is 16.4 Å². The molecule has 0 fully saturated rings. The van der Waals surface area contributed by atoms with Crippen LogP contribution in [0.25, 0.3) is 0 Å². The van der Waals surface area contributed by atoms with E-state index in [-0.39, 0.29) is 17.8 Å². The molecule has 0 bridgehead atoms. The van der Waals surface area contributed by atoms with Crippen LogP contribution in [0.5, 0.6) is 0 Å². The molecular formula is C11H9F2N3O3. The summed E-state index contributed by atoms with van der Waals surface area (Å²) in [5, 5.41) is 0. The van der Waals surface area contributed by atoms with Crippen molar-refractivity contribution in [1.82, 2.24) is 0 Å². The van der Waals surface area contributed by atoms with Crippen molar-refractivity contribution in [3.63, 3.8) is 0 Å². The van der Waals surface area contributed by atoms with Gasteiger partial charge in [0.2, 0.25) is 5.91 Å². The molecule has 0 aromatic heterocycles. The fourth-order valence-electron chi connectivity index (χ4n) is 1.76. The summed E-state index contributed by atoms with van der Waals surface area (Å²) in [4.78, 5) is 34.9. The van der Waals surface area contributed by atoms with Gasteiger partial charge in [0.25, 0.3) is 11.7 Å². The molecule has 100 valence electrons. The second-order valence-electron chi connectivity index (χ2n) is 4.04. The summed E-state index contributed by atoms with van der Waals surface area (Å²) < 4.78 is 26.2. The number of carbonyl (C=O) groups excluding carboxylic acids is 3. The van der Waals surface area contributed by atoms with Crippen molar-refractivity contribution in [3.8, 4) is 0 Å². The van der Waals surface area contributed by atoms with E-state index in [9.17, 15) is 23.2 Å². The normalized spacial score (nSPS) is 15.6. The highest BCUT2D eigenvalue weighted by Gasteiger charge is 2.38. The van der Waals surface area contributed by atoms with E-state index in [2.05, 4.69) is 0 Å². The molecule has 1 aliphatic heterocycles. The Morgan fingerprint density at radius 3 is 2.42 bits per heavy atom. The van der Waals surface area contributed by atoms with Gasteiger partial charge in [-0.25, -0.2) is 8.78 Å². The second kappa shape index (κ2) is 4.39. The van der Waals surface area contributed by atoms with Gasteiger partial charge in [-0.3, -0.25) is 14.4 Å². The van der Waals surface area contributed by atoms with Crippen LogP contribution in [-0.2, 0) is 9.59 Å². The number of hydrogen-bond donors (Lipinski definition) is 2. The van der Waals surface area contributed by atoms with E-state index in [1.165, 1.54) is 0 Å². The van der Waals surface area contributed by atoms with Crippen molar-refractivity contribution < 1.29 is 23.2 Å². The number of hydrogen-bond acceptors (Lipinski definition) is 4. The van der Waals surface area contributed by atoms with Gasteiger partial charge in [-0.15, -0.1) is 0 Å². The second-order valence-corrected chi connectivity index (χ2v) is 4.04. The molecule has 0 aliphatic carbocycles. The van der Waals surface area contributed by atoms with Gasteiger partial charge in [0, 0.05) is 6.07 Å². The van der Waals surface area contributed by atoms with E-state index in [0.29, 0.717) is 12.1 Å². The third-order valence-electron chi connectivity index (χ3n) is 2.76. The molecule has 1 aliphatic rings. The Hall–Kier alpha value is -2.35. The van der Waals surface area contributed by atoms with Gasteiger partial charge in [0.05, 0.1) is 17.8 Å². The Labute approximate surface area is 106 Å². The van der Waals surface area contributed by atoms with Crippen LogP contribution in [0, 0.1) is 11.6 Å². The molecule has 2 amide bonds. The number of carbonyl (C=O) groups is 3. The van der Waals surface area contributed by atoms with E-state index < -0.39 is 35.3 Å². The molecular weight excluding hydrogens is 260 g/mol. The molecule has 19 heavy (non-hydrogen) atoms. The maximum atomic E-state index is 13.2. The van der Waals surface area contributed by atoms with Crippen LogP contribution in [0.3, 0.4) is 0 Å². The molecule has 6 nitrogen and oxygen atoms in total. The lowest BCUT2D eigenvalue weighted by Gasteiger charge is -2.19. The lowest BCUT2D eigenvalue weighted by atomic mass is 10.1. The zero-order valence-corrected chi connectivity index (χ0v) is 9.52. The monoisotopic (exact) mass is 269 g/mol. The molecule has 4 N–H and O–H groups in total. The number of primary amides is 1. The first-order chi connectivity index (χ1) is 8.82. The Bertz CT molecular complexity index is 603. The van der Waals surface area contributed by atoms with Crippen LogP contribution in [0.15, 0.2) is 12.1 Å². The molecule has 0 saturated heterocycles. The summed E-state index contributed by atoms with van der Waals surface area (Å²) in [6.07, 6.45) is 0. The number of nitrogens with two attached hydrogens (primary N) is 2. The predicted molar refractivity (Wildman–Crippen MR) is 60.2 cm³/mol. The number of benzene rings is 1. The van der Waals surface area contributed by atoms with Crippen molar-refractivity contribution >= 4 is 23.3 Å². The van der Waals surface area contributed by atoms with Crippen LogP contribution >= 0.6 is 0 Å². The van der Waals surface area contributed by atoms with Crippen molar-refractivity contribution in [2.75, 3.05) is 11.4 Å². The molecule has 1 atom stereocenters. The molecule has 0 radical (unpaired) electrons. The molecule has 1 heterocycles. The van der Waals surface area contributed by atoms with Crippen molar-refractivity contribution in [2.45, 2.75) is 6.04 Å². The number of rotatable bonds is 3. The quantitative estimate of drug-likeness (QED) is 0.708. The fourth-order valence-corrected chi connectivity index (χ4v) is 1.76. The molecule has 8 heteroatoms. The molecule has 1 aromatic carbocycles. The van der Waals surface area contributed by atoms with Gasteiger partial charge >= 0.3 is 0 Å². The SMILES string of the molecule is NC(=O)C(N)CN1C(=O)C(=O)c2cc(F)c(F)cc21. The topological polar surface area (TPSA) is 106 Å². The average Bonchev–Trinajstić information content (AvgIpc) is 2.56. The van der Waals surface area contributed by atoms with E-state index in [1.807, 2.05) is 0 Å². The van der Waals surface area contributed by atoms with Gasteiger partial charge in [0.15, 0.2) is 11.6 Å². The summed E-state index contributed by atoms with van der Waals surface area (Å²) in [5.41, 5.74) is 9.95. The smallest absolute Gasteiger partial charge is 0.299 e. The molecule has 2 rings (SSSR count). The van der Waals surface area contributed by atoms with Crippen LogP contribution in [-0.4, -0.2) is 30.2 Å². The highest BCUT2D eigenvalue weighted by atomic mass is 19.2. The van der Waals surface area contributed by atoms with Crippen molar-refractivity contribution in [1.29, 1.82) is 0 Å². The Morgan fingerprint density at radius 2 is 1.84 bits per heavy atom. The maximum Gasteiger partial charge on any atom is 0.299 e. The van der Waals surface area contributed by atoms with E-state index in [0.717, 1.165) is 4.90 Å². The number of Topliss-reactive ketones (excluding diaryl/α,β-unsaturated/α-hetero) is 1. The molecule has 1 aromatic rings. The van der Waals surface area contributed by atoms with Gasteiger partial charge in [-0.1, -0.05) is 0 Å². The zero-order chi connectivity index (χ0) is 14.3. The third kappa shape index (κ3) is 2.06. The Kier molecular flexibility index (Phi) is 3.03. The number of ketones is 1. The number of fused-ring (bicyclic) bond motifs is 1. The summed E-state index contributed by atoms with van der Waals surface area (Å²) in [6, 6.07) is 0.137. The summed E-state index contributed by atoms with van der Waals surface area (Å²) in [5.74, 6) is -5.31. The lowest BCUT2D eigenvalue weighted by Crippen LogP contribution is -2.47. The first kappa shape index (κ1) is 13.1.